The van der Waals surface area contributed by atoms with Crippen LogP contribution in [-0.2, 0) is 4.74 Å². The summed E-state index contributed by atoms with van der Waals surface area (Å²) in [6, 6.07) is 0. The summed E-state index contributed by atoms with van der Waals surface area (Å²) in [5.74, 6) is 2.33. The Morgan fingerprint density at radius 2 is 1.95 bits per heavy atom. The molecule has 0 bridgehead atoms. The van der Waals surface area contributed by atoms with Crippen LogP contribution >= 0.6 is 0 Å². The maximum absolute atomic E-state index is 6.35. The van der Waals surface area contributed by atoms with E-state index in [9.17, 15) is 0 Å². The molecule has 0 heterocycles. The summed E-state index contributed by atoms with van der Waals surface area (Å²) in [7, 11) is 0. The summed E-state index contributed by atoms with van der Waals surface area (Å²) >= 11 is 0. The Labute approximate surface area is 120 Å². The van der Waals surface area contributed by atoms with E-state index in [1.54, 1.807) is 0 Å². The second-order valence-electron chi connectivity index (χ2n) is 7.62. The van der Waals surface area contributed by atoms with Crippen molar-refractivity contribution in [2.75, 3.05) is 19.7 Å². The molecule has 1 saturated carbocycles. The molecule has 0 amide bonds. The van der Waals surface area contributed by atoms with E-state index in [1.165, 1.54) is 19.3 Å². The van der Waals surface area contributed by atoms with Crippen LogP contribution in [0.2, 0.25) is 0 Å². The summed E-state index contributed by atoms with van der Waals surface area (Å²) in [5, 5.41) is 3.44. The van der Waals surface area contributed by atoms with Crippen molar-refractivity contribution in [3.8, 4) is 0 Å². The van der Waals surface area contributed by atoms with E-state index < -0.39 is 0 Å². The average Bonchev–Trinajstić information content (AvgIpc) is 2.34. The highest BCUT2D eigenvalue weighted by atomic mass is 16.5. The maximum Gasteiger partial charge on any atom is 0.0608 e. The van der Waals surface area contributed by atoms with Crippen molar-refractivity contribution in [3.63, 3.8) is 0 Å². The standard InChI is InChI=1S/C17H35NO/c1-7-18-11-17(5,6)12-19-16-10-14(4)8-9-15(16)13(2)3/h13-16,18H,7-12H2,1-6H3. The molecule has 2 nitrogen and oxygen atoms in total. The van der Waals surface area contributed by atoms with Crippen LogP contribution in [-0.4, -0.2) is 25.8 Å². The minimum atomic E-state index is 0.234. The highest BCUT2D eigenvalue weighted by Crippen LogP contribution is 2.36. The topological polar surface area (TPSA) is 21.3 Å². The first-order valence-electron chi connectivity index (χ1n) is 8.18. The molecule has 114 valence electrons. The van der Waals surface area contributed by atoms with E-state index in [0.717, 1.165) is 37.5 Å². The lowest BCUT2D eigenvalue weighted by Crippen LogP contribution is -2.39. The third-order valence-corrected chi connectivity index (χ3v) is 4.50. The fourth-order valence-corrected chi connectivity index (χ4v) is 3.15. The fraction of sp³-hybridized carbons (Fsp3) is 1.00. The minimum Gasteiger partial charge on any atom is -0.377 e. The second kappa shape index (κ2) is 7.64. The molecular formula is C17H35NO. The van der Waals surface area contributed by atoms with Gasteiger partial charge in [-0.3, -0.25) is 0 Å². The van der Waals surface area contributed by atoms with Gasteiger partial charge in [-0.15, -0.1) is 0 Å². The molecule has 3 unspecified atom stereocenters. The van der Waals surface area contributed by atoms with Crippen LogP contribution in [0.1, 0.15) is 60.8 Å². The van der Waals surface area contributed by atoms with E-state index in [0.29, 0.717) is 6.10 Å². The molecule has 0 aromatic rings. The molecule has 0 radical (unpaired) electrons. The van der Waals surface area contributed by atoms with Gasteiger partial charge in [-0.05, 0) is 37.1 Å². The first-order valence-corrected chi connectivity index (χ1v) is 8.18. The van der Waals surface area contributed by atoms with E-state index in [-0.39, 0.29) is 5.41 Å². The minimum absolute atomic E-state index is 0.234. The molecule has 2 heteroatoms. The lowest BCUT2D eigenvalue weighted by atomic mass is 9.75. The van der Waals surface area contributed by atoms with Crippen LogP contribution in [0.4, 0.5) is 0 Å². The van der Waals surface area contributed by atoms with Gasteiger partial charge in [0.2, 0.25) is 0 Å². The predicted octanol–water partition coefficient (Wildman–Crippen LogP) is 4.10. The Balaban J connectivity index is 2.47. The fourth-order valence-electron chi connectivity index (χ4n) is 3.15. The molecule has 3 atom stereocenters. The van der Waals surface area contributed by atoms with Crippen molar-refractivity contribution in [2.45, 2.75) is 66.9 Å². The molecule has 1 rings (SSSR count). The van der Waals surface area contributed by atoms with Crippen LogP contribution < -0.4 is 5.32 Å². The van der Waals surface area contributed by atoms with Crippen molar-refractivity contribution in [3.05, 3.63) is 0 Å². The predicted molar refractivity (Wildman–Crippen MR) is 83.4 cm³/mol. The van der Waals surface area contributed by atoms with Gasteiger partial charge in [-0.2, -0.15) is 0 Å². The van der Waals surface area contributed by atoms with Crippen molar-refractivity contribution in [1.29, 1.82) is 0 Å². The van der Waals surface area contributed by atoms with Crippen molar-refractivity contribution < 1.29 is 4.74 Å². The summed E-state index contributed by atoms with van der Waals surface area (Å²) in [4.78, 5) is 0. The normalized spacial score (nSPS) is 28.9. The number of hydrogen-bond donors (Lipinski definition) is 1. The van der Waals surface area contributed by atoms with Gasteiger partial charge in [-0.25, -0.2) is 0 Å². The lowest BCUT2D eigenvalue weighted by molar-refractivity contribution is -0.0654. The Bertz CT molecular complexity index is 250. The average molecular weight is 269 g/mol. The summed E-state index contributed by atoms with van der Waals surface area (Å²) in [6.07, 6.45) is 4.45. The zero-order valence-corrected chi connectivity index (χ0v) is 14.0. The zero-order valence-electron chi connectivity index (χ0n) is 14.0. The molecule has 1 aliphatic carbocycles. The first-order chi connectivity index (χ1) is 8.85. The highest BCUT2D eigenvalue weighted by molar-refractivity contribution is 4.82. The van der Waals surface area contributed by atoms with E-state index in [2.05, 4.69) is 46.9 Å². The van der Waals surface area contributed by atoms with Crippen LogP contribution in [0, 0.1) is 23.2 Å². The molecule has 0 spiro atoms. The van der Waals surface area contributed by atoms with Gasteiger partial charge >= 0.3 is 0 Å². The molecule has 0 saturated heterocycles. The maximum atomic E-state index is 6.35. The van der Waals surface area contributed by atoms with Gasteiger partial charge in [-0.1, -0.05) is 48.0 Å². The summed E-state index contributed by atoms with van der Waals surface area (Å²) in [5.41, 5.74) is 0.234. The smallest absolute Gasteiger partial charge is 0.0608 e. The SMILES string of the molecule is CCNCC(C)(C)COC1CC(C)CCC1C(C)C. The molecule has 1 fully saturated rings. The van der Waals surface area contributed by atoms with Gasteiger partial charge in [0, 0.05) is 12.0 Å². The Hall–Kier alpha value is -0.0800. The first kappa shape index (κ1) is 17.0. The van der Waals surface area contributed by atoms with Gasteiger partial charge in [0.25, 0.3) is 0 Å². The van der Waals surface area contributed by atoms with Gasteiger partial charge < -0.3 is 10.1 Å². The van der Waals surface area contributed by atoms with Crippen LogP contribution in [0.15, 0.2) is 0 Å². The molecular weight excluding hydrogens is 234 g/mol. The van der Waals surface area contributed by atoms with Gasteiger partial charge in [0.15, 0.2) is 0 Å². The van der Waals surface area contributed by atoms with Crippen molar-refractivity contribution in [1.82, 2.24) is 5.32 Å². The molecule has 0 aromatic carbocycles. The number of nitrogens with one attached hydrogen (secondary N) is 1. The molecule has 0 aromatic heterocycles. The van der Waals surface area contributed by atoms with Crippen LogP contribution in [0.25, 0.3) is 0 Å². The number of hydrogen-bond acceptors (Lipinski definition) is 2. The van der Waals surface area contributed by atoms with E-state index >= 15 is 0 Å². The molecule has 19 heavy (non-hydrogen) atoms. The zero-order chi connectivity index (χ0) is 14.5. The molecule has 1 N–H and O–H groups in total. The molecule has 1 aliphatic rings. The van der Waals surface area contributed by atoms with Gasteiger partial charge in [0.05, 0.1) is 12.7 Å². The Morgan fingerprint density at radius 1 is 1.26 bits per heavy atom. The molecule has 0 aliphatic heterocycles. The monoisotopic (exact) mass is 269 g/mol. The van der Waals surface area contributed by atoms with E-state index in [1.807, 2.05) is 0 Å². The van der Waals surface area contributed by atoms with Crippen LogP contribution in [0.3, 0.4) is 0 Å². The summed E-state index contributed by atoms with van der Waals surface area (Å²) < 4.78 is 6.35. The van der Waals surface area contributed by atoms with Gasteiger partial charge in [0.1, 0.15) is 0 Å². The highest BCUT2D eigenvalue weighted by Gasteiger charge is 2.32. The Morgan fingerprint density at radius 3 is 2.53 bits per heavy atom. The largest absolute Gasteiger partial charge is 0.377 e. The third-order valence-electron chi connectivity index (χ3n) is 4.50. The third kappa shape index (κ3) is 5.83. The van der Waals surface area contributed by atoms with Crippen molar-refractivity contribution in [2.24, 2.45) is 23.2 Å². The second-order valence-corrected chi connectivity index (χ2v) is 7.62. The van der Waals surface area contributed by atoms with Crippen LogP contribution in [0.5, 0.6) is 0 Å². The summed E-state index contributed by atoms with van der Waals surface area (Å²) in [6.45, 7) is 16.8. The number of rotatable bonds is 7. The Kier molecular flexibility index (Phi) is 6.82. The quantitative estimate of drug-likeness (QED) is 0.751. The number of ether oxygens (including phenoxy) is 1. The van der Waals surface area contributed by atoms with Crippen molar-refractivity contribution >= 4 is 0 Å². The van der Waals surface area contributed by atoms with E-state index in [4.69, 9.17) is 4.74 Å². The lowest BCUT2D eigenvalue weighted by Gasteiger charge is -2.39.